The third-order valence-corrected chi connectivity index (χ3v) is 4.80. The van der Waals surface area contributed by atoms with Gasteiger partial charge >= 0.3 is 0 Å². The van der Waals surface area contributed by atoms with E-state index in [4.69, 9.17) is 0 Å². The number of hydrogen-bond donors (Lipinski definition) is 1. The molecule has 1 aromatic carbocycles. The highest BCUT2D eigenvalue weighted by Crippen LogP contribution is 2.22. The minimum atomic E-state index is -0.291. The molecule has 0 radical (unpaired) electrons. The first-order valence-corrected chi connectivity index (χ1v) is 9.19. The van der Waals surface area contributed by atoms with Crippen LogP contribution in [0.2, 0.25) is 0 Å². The van der Waals surface area contributed by atoms with E-state index in [9.17, 15) is 14.4 Å². The number of imide groups is 1. The molecular formula is C21H20N4O3. The number of benzene rings is 1. The monoisotopic (exact) mass is 376 g/mol. The van der Waals surface area contributed by atoms with Gasteiger partial charge in [-0.15, -0.1) is 0 Å². The van der Waals surface area contributed by atoms with E-state index in [2.05, 4.69) is 10.3 Å². The quantitative estimate of drug-likeness (QED) is 0.670. The zero-order chi connectivity index (χ0) is 19.7. The molecule has 0 fully saturated rings. The number of amides is 3. The Morgan fingerprint density at radius 2 is 1.82 bits per heavy atom. The molecule has 0 saturated heterocycles. The standard InChI is InChI=1S/C21H20N4O3/c1-14-8-10-24-13-15(23-18(24)11-14)12-22-19(26)7-4-9-25-20(27)16-5-2-3-6-17(16)21(25)28/h2-3,5-6,8,10-11,13H,4,7,9,12H2,1H3,(H,22,26). The molecule has 1 N–H and O–H groups in total. The van der Waals surface area contributed by atoms with Gasteiger partial charge in [0.25, 0.3) is 11.8 Å². The molecule has 0 atom stereocenters. The molecule has 28 heavy (non-hydrogen) atoms. The number of fused-ring (bicyclic) bond motifs is 2. The topological polar surface area (TPSA) is 83.8 Å². The second kappa shape index (κ2) is 7.26. The van der Waals surface area contributed by atoms with Crippen molar-refractivity contribution in [2.24, 2.45) is 0 Å². The molecule has 0 aliphatic carbocycles. The summed E-state index contributed by atoms with van der Waals surface area (Å²) in [4.78, 5) is 42.4. The summed E-state index contributed by atoms with van der Waals surface area (Å²) in [7, 11) is 0. The zero-order valence-corrected chi connectivity index (χ0v) is 15.5. The van der Waals surface area contributed by atoms with Gasteiger partial charge in [-0.3, -0.25) is 19.3 Å². The van der Waals surface area contributed by atoms with Gasteiger partial charge in [-0.05, 0) is 43.2 Å². The Bertz CT molecular complexity index is 1050. The van der Waals surface area contributed by atoms with Crippen LogP contribution in [-0.4, -0.2) is 38.6 Å². The molecule has 0 saturated carbocycles. The number of pyridine rings is 1. The van der Waals surface area contributed by atoms with Crippen LogP contribution in [-0.2, 0) is 11.3 Å². The van der Waals surface area contributed by atoms with Crippen molar-refractivity contribution in [3.05, 3.63) is 71.2 Å². The maximum absolute atomic E-state index is 12.3. The second-order valence-electron chi connectivity index (χ2n) is 6.89. The maximum Gasteiger partial charge on any atom is 0.261 e. The first-order chi connectivity index (χ1) is 13.5. The Labute approximate surface area is 162 Å². The van der Waals surface area contributed by atoms with Crippen molar-refractivity contribution >= 4 is 23.4 Å². The zero-order valence-electron chi connectivity index (χ0n) is 15.5. The Kier molecular flexibility index (Phi) is 4.65. The average Bonchev–Trinajstić information content (AvgIpc) is 3.20. The van der Waals surface area contributed by atoms with E-state index in [-0.39, 0.29) is 30.7 Å². The average molecular weight is 376 g/mol. The van der Waals surface area contributed by atoms with Gasteiger partial charge in [-0.2, -0.15) is 0 Å². The van der Waals surface area contributed by atoms with Crippen LogP contribution in [0.25, 0.3) is 5.65 Å². The highest BCUT2D eigenvalue weighted by Gasteiger charge is 2.34. The number of nitrogens with one attached hydrogen (secondary N) is 1. The highest BCUT2D eigenvalue weighted by atomic mass is 16.2. The third-order valence-electron chi connectivity index (χ3n) is 4.80. The molecule has 0 bridgehead atoms. The van der Waals surface area contributed by atoms with Crippen molar-refractivity contribution < 1.29 is 14.4 Å². The summed E-state index contributed by atoms with van der Waals surface area (Å²) in [5.74, 6) is -0.716. The maximum atomic E-state index is 12.3. The minimum Gasteiger partial charge on any atom is -0.350 e. The summed E-state index contributed by atoms with van der Waals surface area (Å²) >= 11 is 0. The van der Waals surface area contributed by atoms with E-state index in [0.717, 1.165) is 16.9 Å². The fourth-order valence-electron chi connectivity index (χ4n) is 3.34. The fraction of sp³-hybridized carbons (Fsp3) is 0.238. The van der Waals surface area contributed by atoms with E-state index in [1.165, 1.54) is 4.90 Å². The fourth-order valence-corrected chi connectivity index (χ4v) is 3.34. The lowest BCUT2D eigenvalue weighted by Crippen LogP contribution is -2.32. The van der Waals surface area contributed by atoms with Crippen LogP contribution in [0.4, 0.5) is 0 Å². The minimum absolute atomic E-state index is 0.134. The number of rotatable bonds is 6. The van der Waals surface area contributed by atoms with Crippen LogP contribution in [0.1, 0.15) is 44.8 Å². The molecule has 0 unspecified atom stereocenters. The van der Waals surface area contributed by atoms with E-state index in [1.54, 1.807) is 24.3 Å². The lowest BCUT2D eigenvalue weighted by atomic mass is 10.1. The largest absolute Gasteiger partial charge is 0.350 e. The molecule has 7 nitrogen and oxygen atoms in total. The van der Waals surface area contributed by atoms with Crippen molar-refractivity contribution in [3.63, 3.8) is 0 Å². The van der Waals surface area contributed by atoms with Gasteiger partial charge in [0.1, 0.15) is 5.65 Å². The second-order valence-corrected chi connectivity index (χ2v) is 6.89. The van der Waals surface area contributed by atoms with Crippen LogP contribution in [0.3, 0.4) is 0 Å². The predicted octanol–water partition coefficient (Wildman–Crippen LogP) is 2.34. The summed E-state index contributed by atoms with van der Waals surface area (Å²) in [5.41, 5.74) is 3.61. The summed E-state index contributed by atoms with van der Waals surface area (Å²) < 4.78 is 1.91. The summed E-state index contributed by atoms with van der Waals surface area (Å²) in [6.45, 7) is 2.57. The normalized spacial score (nSPS) is 13.2. The Balaban J connectivity index is 1.27. The van der Waals surface area contributed by atoms with Crippen LogP contribution in [0.15, 0.2) is 48.8 Å². The van der Waals surface area contributed by atoms with Crippen LogP contribution in [0.5, 0.6) is 0 Å². The summed E-state index contributed by atoms with van der Waals surface area (Å²) in [5, 5.41) is 2.84. The number of carbonyl (C=O) groups excluding carboxylic acids is 3. The summed E-state index contributed by atoms with van der Waals surface area (Å²) in [6, 6.07) is 10.8. The molecule has 0 spiro atoms. The van der Waals surface area contributed by atoms with E-state index < -0.39 is 0 Å². The van der Waals surface area contributed by atoms with Crippen molar-refractivity contribution in [1.29, 1.82) is 0 Å². The van der Waals surface area contributed by atoms with Gasteiger partial charge in [-0.25, -0.2) is 4.98 Å². The molecule has 2 aromatic heterocycles. The number of nitrogens with zero attached hydrogens (tertiary/aromatic N) is 3. The summed E-state index contributed by atoms with van der Waals surface area (Å²) in [6.07, 6.45) is 4.47. The van der Waals surface area contributed by atoms with Gasteiger partial charge < -0.3 is 9.72 Å². The Morgan fingerprint density at radius 1 is 1.11 bits per heavy atom. The predicted molar refractivity (Wildman–Crippen MR) is 103 cm³/mol. The van der Waals surface area contributed by atoms with Gasteiger partial charge in [0, 0.05) is 25.4 Å². The molecule has 3 amide bonds. The molecule has 142 valence electrons. The molecule has 7 heteroatoms. The number of imidazole rings is 1. The van der Waals surface area contributed by atoms with Crippen LogP contribution < -0.4 is 5.32 Å². The first-order valence-electron chi connectivity index (χ1n) is 9.19. The van der Waals surface area contributed by atoms with E-state index >= 15 is 0 Å². The van der Waals surface area contributed by atoms with Gasteiger partial charge in [0.15, 0.2) is 0 Å². The van der Waals surface area contributed by atoms with Crippen molar-refractivity contribution in [2.45, 2.75) is 26.3 Å². The SMILES string of the molecule is Cc1ccn2cc(CNC(=O)CCCN3C(=O)c4ccccc4C3=O)nc2c1. The number of carbonyl (C=O) groups is 3. The third kappa shape index (κ3) is 3.38. The van der Waals surface area contributed by atoms with E-state index in [1.807, 2.05) is 35.9 Å². The molecule has 3 heterocycles. The molecule has 3 aromatic rings. The van der Waals surface area contributed by atoms with Gasteiger partial charge in [-0.1, -0.05) is 12.1 Å². The van der Waals surface area contributed by atoms with Gasteiger partial charge in [0.2, 0.25) is 5.91 Å². The molecule has 1 aliphatic heterocycles. The number of hydrogen-bond acceptors (Lipinski definition) is 4. The van der Waals surface area contributed by atoms with Crippen molar-refractivity contribution in [3.8, 4) is 0 Å². The smallest absolute Gasteiger partial charge is 0.261 e. The molecule has 1 aliphatic rings. The number of aryl methyl sites for hydroxylation is 1. The Hall–Kier alpha value is -3.48. The van der Waals surface area contributed by atoms with Crippen LogP contribution in [0, 0.1) is 6.92 Å². The number of aromatic nitrogens is 2. The first kappa shape index (κ1) is 17.9. The van der Waals surface area contributed by atoms with E-state index in [0.29, 0.717) is 24.1 Å². The lowest BCUT2D eigenvalue weighted by Gasteiger charge is -2.13. The lowest BCUT2D eigenvalue weighted by molar-refractivity contribution is -0.121. The van der Waals surface area contributed by atoms with Crippen molar-refractivity contribution in [1.82, 2.24) is 19.6 Å². The highest BCUT2D eigenvalue weighted by molar-refractivity contribution is 6.21. The van der Waals surface area contributed by atoms with Crippen molar-refractivity contribution in [2.75, 3.05) is 6.54 Å². The molecular weight excluding hydrogens is 356 g/mol. The Morgan fingerprint density at radius 3 is 2.54 bits per heavy atom. The van der Waals surface area contributed by atoms with Crippen LogP contribution >= 0.6 is 0 Å². The molecule has 4 rings (SSSR count). The van der Waals surface area contributed by atoms with Gasteiger partial charge in [0.05, 0.1) is 23.4 Å².